The Morgan fingerprint density at radius 2 is 1.61 bits per heavy atom. The number of Topliss-reactive ketones (excluding diaryl/α,β-unsaturated/α-hetero) is 1. The van der Waals surface area contributed by atoms with Crippen LogP contribution in [0.25, 0.3) is 0 Å². The number of methoxy groups -OCH3 is 2. The van der Waals surface area contributed by atoms with Crippen molar-refractivity contribution < 1.29 is 42.8 Å². The number of ether oxygens (including phenoxy) is 6. The average molecular weight is 608 g/mol. The summed E-state index contributed by atoms with van der Waals surface area (Å²) in [6.45, 7) is 9.39. The van der Waals surface area contributed by atoms with Crippen LogP contribution in [0, 0.1) is 0 Å². The largest absolute Gasteiger partial charge is 0.493 e. The molecule has 1 N–H and O–H groups in total. The van der Waals surface area contributed by atoms with Gasteiger partial charge in [0, 0.05) is 36.2 Å². The van der Waals surface area contributed by atoms with Crippen molar-refractivity contribution in [3.63, 3.8) is 0 Å². The summed E-state index contributed by atoms with van der Waals surface area (Å²) in [6.07, 6.45) is 0.774. The van der Waals surface area contributed by atoms with Gasteiger partial charge in [0.05, 0.1) is 39.1 Å². The van der Waals surface area contributed by atoms with Crippen LogP contribution in [0.3, 0.4) is 0 Å². The van der Waals surface area contributed by atoms with Crippen molar-refractivity contribution in [2.75, 3.05) is 34.0 Å². The third kappa shape index (κ3) is 7.24. The maximum Gasteiger partial charge on any atom is 0.336 e. The summed E-state index contributed by atoms with van der Waals surface area (Å²) >= 11 is 0. The van der Waals surface area contributed by atoms with E-state index in [1.54, 1.807) is 39.3 Å². The summed E-state index contributed by atoms with van der Waals surface area (Å²) in [5.74, 6) is -0.181. The van der Waals surface area contributed by atoms with Crippen LogP contribution in [-0.4, -0.2) is 57.9 Å². The van der Waals surface area contributed by atoms with Gasteiger partial charge in [-0.25, -0.2) is 4.79 Å². The molecule has 0 unspecified atom stereocenters. The molecule has 0 fully saturated rings. The topological polar surface area (TPSA) is 119 Å². The van der Waals surface area contributed by atoms with Crippen LogP contribution in [0.15, 0.2) is 58.9 Å². The van der Waals surface area contributed by atoms with Crippen molar-refractivity contribution in [3.05, 3.63) is 70.1 Å². The molecule has 2 aromatic carbocycles. The highest BCUT2D eigenvalue weighted by Gasteiger charge is 2.42. The molecule has 4 rings (SSSR count). The van der Waals surface area contributed by atoms with Gasteiger partial charge in [-0.1, -0.05) is 12.1 Å². The van der Waals surface area contributed by atoms with E-state index in [1.807, 2.05) is 39.0 Å². The Bertz CT molecular complexity index is 1470. The molecule has 0 saturated carbocycles. The summed E-state index contributed by atoms with van der Waals surface area (Å²) in [6, 6.07) is 10.8. The number of carbonyl (C=O) groups excluding carboxylic acids is 3. The first kappa shape index (κ1) is 32.6. The maximum absolute atomic E-state index is 14.1. The van der Waals surface area contributed by atoms with Gasteiger partial charge in [0.1, 0.15) is 6.61 Å². The summed E-state index contributed by atoms with van der Waals surface area (Å²) in [5, 5.41) is 3.37. The second-order valence-corrected chi connectivity index (χ2v) is 10.9. The molecule has 0 spiro atoms. The fourth-order valence-electron chi connectivity index (χ4n) is 5.69. The number of allylic oxidation sites excluding steroid dienone is 3. The molecule has 2 aliphatic rings. The third-order valence-electron chi connectivity index (χ3n) is 7.55. The van der Waals surface area contributed by atoms with Crippen molar-refractivity contribution >= 4 is 17.7 Å². The van der Waals surface area contributed by atoms with E-state index >= 15 is 0 Å². The Labute approximate surface area is 258 Å². The second kappa shape index (κ2) is 14.4. The van der Waals surface area contributed by atoms with Gasteiger partial charge in [-0.15, -0.1) is 0 Å². The predicted molar refractivity (Wildman–Crippen MR) is 163 cm³/mol. The molecule has 0 aromatic heterocycles. The van der Waals surface area contributed by atoms with Gasteiger partial charge in [0.15, 0.2) is 28.8 Å². The van der Waals surface area contributed by atoms with Crippen LogP contribution < -0.4 is 24.3 Å². The van der Waals surface area contributed by atoms with Crippen LogP contribution in [0.1, 0.15) is 70.4 Å². The maximum atomic E-state index is 14.1. The molecular weight excluding hydrogens is 566 g/mol. The molecule has 1 aliphatic carbocycles. The minimum atomic E-state index is -0.728. The van der Waals surface area contributed by atoms with E-state index in [0.29, 0.717) is 52.7 Å². The number of ketones is 1. The van der Waals surface area contributed by atoms with Crippen LogP contribution in [0.2, 0.25) is 0 Å². The number of benzene rings is 2. The number of rotatable bonds is 12. The zero-order valence-corrected chi connectivity index (χ0v) is 26.4. The Morgan fingerprint density at radius 1 is 0.932 bits per heavy atom. The first-order valence-corrected chi connectivity index (χ1v) is 14.8. The van der Waals surface area contributed by atoms with E-state index in [2.05, 4.69) is 5.32 Å². The lowest BCUT2D eigenvalue weighted by Crippen LogP contribution is -2.36. The Morgan fingerprint density at radius 3 is 2.27 bits per heavy atom. The first-order chi connectivity index (χ1) is 21.1. The zero-order valence-electron chi connectivity index (χ0n) is 26.4. The molecule has 1 aliphatic heterocycles. The Hall–Kier alpha value is -4.31. The minimum Gasteiger partial charge on any atom is -0.493 e. The highest BCUT2D eigenvalue weighted by atomic mass is 16.6. The van der Waals surface area contributed by atoms with Crippen LogP contribution in [0.4, 0.5) is 0 Å². The molecule has 0 radical (unpaired) electrons. The van der Waals surface area contributed by atoms with Gasteiger partial charge >= 0.3 is 11.9 Å². The Kier molecular flexibility index (Phi) is 10.7. The predicted octanol–water partition coefficient (Wildman–Crippen LogP) is 5.36. The lowest BCUT2D eigenvalue weighted by Gasteiger charge is -2.37. The van der Waals surface area contributed by atoms with E-state index in [1.165, 1.54) is 6.92 Å². The lowest BCUT2D eigenvalue weighted by atomic mass is 9.71. The quantitative estimate of drug-likeness (QED) is 0.192. The number of nitrogens with one attached hydrogen (secondary N) is 1. The summed E-state index contributed by atoms with van der Waals surface area (Å²) < 4.78 is 33.2. The summed E-state index contributed by atoms with van der Waals surface area (Å²) in [4.78, 5) is 39.4. The fourth-order valence-corrected chi connectivity index (χ4v) is 5.69. The molecule has 1 heterocycles. The molecule has 10 heteroatoms. The summed E-state index contributed by atoms with van der Waals surface area (Å²) in [5.41, 5.74) is 3.74. The van der Waals surface area contributed by atoms with Crippen molar-refractivity contribution in [2.45, 2.75) is 65.4 Å². The van der Waals surface area contributed by atoms with Gasteiger partial charge < -0.3 is 33.7 Å². The monoisotopic (exact) mass is 607 g/mol. The molecule has 0 saturated heterocycles. The highest BCUT2D eigenvalue weighted by molar-refractivity contribution is 6.04. The van der Waals surface area contributed by atoms with E-state index in [0.717, 1.165) is 11.3 Å². The number of hydrogen-bond donors (Lipinski definition) is 1. The van der Waals surface area contributed by atoms with Crippen LogP contribution >= 0.6 is 0 Å². The third-order valence-corrected chi connectivity index (χ3v) is 7.55. The minimum absolute atomic E-state index is 0.00217. The lowest BCUT2D eigenvalue weighted by molar-refractivity contribution is -0.141. The molecule has 0 bridgehead atoms. The van der Waals surface area contributed by atoms with Gasteiger partial charge in [0.2, 0.25) is 0 Å². The van der Waals surface area contributed by atoms with E-state index in [9.17, 15) is 14.4 Å². The second-order valence-electron chi connectivity index (χ2n) is 10.9. The molecule has 0 amide bonds. The normalized spacial score (nSPS) is 18.0. The molecule has 2 aromatic rings. The van der Waals surface area contributed by atoms with Crippen molar-refractivity contribution in [3.8, 4) is 23.0 Å². The highest BCUT2D eigenvalue weighted by Crippen LogP contribution is 2.47. The van der Waals surface area contributed by atoms with Gasteiger partial charge in [-0.3, -0.25) is 9.59 Å². The Balaban J connectivity index is 1.77. The van der Waals surface area contributed by atoms with E-state index in [-0.39, 0.29) is 43.2 Å². The summed E-state index contributed by atoms with van der Waals surface area (Å²) in [7, 11) is 3.16. The smallest absolute Gasteiger partial charge is 0.336 e. The molecular formula is C34H41NO9. The van der Waals surface area contributed by atoms with Crippen LogP contribution in [0.5, 0.6) is 23.0 Å². The van der Waals surface area contributed by atoms with Gasteiger partial charge in [-0.05, 0) is 75.4 Å². The van der Waals surface area contributed by atoms with E-state index in [4.69, 9.17) is 28.4 Å². The zero-order chi connectivity index (χ0) is 32.0. The first-order valence-electron chi connectivity index (χ1n) is 14.8. The number of carbonyl (C=O) groups is 3. The number of dihydropyridines is 1. The van der Waals surface area contributed by atoms with Crippen molar-refractivity contribution in [1.29, 1.82) is 0 Å². The van der Waals surface area contributed by atoms with Crippen molar-refractivity contribution in [1.82, 2.24) is 5.32 Å². The van der Waals surface area contributed by atoms with Crippen LogP contribution in [-0.2, 0) is 23.9 Å². The fraction of sp³-hybridized carbons (Fsp3) is 0.441. The SMILES string of the molecule is CCOc1cc([C@@H]2C(C(=O)OCCOC(C)C)=C(C)NC3=C2C(=O)C[C@@H](c2ccc(OC)c(OC)c2)C3)ccc1OC(C)=O. The molecule has 44 heavy (non-hydrogen) atoms. The molecule has 2 atom stereocenters. The molecule has 10 nitrogen and oxygen atoms in total. The molecule has 236 valence electrons. The van der Waals surface area contributed by atoms with Crippen molar-refractivity contribution in [2.24, 2.45) is 0 Å². The van der Waals surface area contributed by atoms with Gasteiger partial charge in [-0.2, -0.15) is 0 Å². The standard InChI is InChI=1S/C34H41NO9/c1-8-41-30-18-23(10-12-28(30)44-21(5)36)32-31(34(38)43-14-13-42-19(2)3)20(4)35-25-15-24(16-26(37)33(25)32)22-9-11-27(39-6)29(17-22)40-7/h9-12,17-19,24,32,35H,8,13-16H2,1-7H3/t24-,32+/m0/s1. The number of esters is 2. The van der Waals surface area contributed by atoms with Gasteiger partial charge in [0.25, 0.3) is 0 Å². The average Bonchev–Trinajstić information content (AvgIpc) is 2.98. The number of hydrogen-bond acceptors (Lipinski definition) is 10. The van der Waals surface area contributed by atoms with E-state index < -0.39 is 17.9 Å².